The van der Waals surface area contributed by atoms with E-state index < -0.39 is 0 Å². The third-order valence-corrected chi connectivity index (χ3v) is 2.39. The van der Waals surface area contributed by atoms with Gasteiger partial charge in [-0.15, -0.1) is 0 Å². The Kier molecular flexibility index (Phi) is 2.64. The van der Waals surface area contributed by atoms with E-state index in [9.17, 15) is 0 Å². The predicted molar refractivity (Wildman–Crippen MR) is 60.3 cm³/mol. The molecule has 1 N–H and O–H groups in total. The van der Waals surface area contributed by atoms with Crippen LogP contribution in [0.3, 0.4) is 0 Å². The van der Waals surface area contributed by atoms with Crippen molar-refractivity contribution < 1.29 is 4.74 Å². The van der Waals surface area contributed by atoms with E-state index in [-0.39, 0.29) is 0 Å². The molecule has 0 radical (unpaired) electrons. The molecule has 2 rings (SSSR count). The van der Waals surface area contributed by atoms with Crippen molar-refractivity contribution in [2.45, 2.75) is 6.92 Å². The standard InChI is InChI=1S/C11H11ClN2O/c1-7-10(14-11(13-7)15-2)8-4-3-5-9(12)6-8/h3-6H,1-2H3,(H,13,14). The van der Waals surface area contributed by atoms with Crippen LogP contribution in [0.25, 0.3) is 11.3 Å². The molecule has 78 valence electrons. The Bertz CT molecular complexity index is 479. The molecule has 0 spiro atoms. The van der Waals surface area contributed by atoms with E-state index >= 15 is 0 Å². The van der Waals surface area contributed by atoms with Crippen molar-refractivity contribution >= 4 is 11.6 Å². The number of hydrogen-bond donors (Lipinski definition) is 1. The van der Waals surface area contributed by atoms with E-state index in [1.54, 1.807) is 7.11 Å². The molecule has 0 aliphatic heterocycles. The van der Waals surface area contributed by atoms with Crippen LogP contribution in [0.15, 0.2) is 24.3 Å². The summed E-state index contributed by atoms with van der Waals surface area (Å²) in [4.78, 5) is 7.34. The van der Waals surface area contributed by atoms with Crippen LogP contribution in [0, 0.1) is 6.92 Å². The van der Waals surface area contributed by atoms with E-state index in [0.717, 1.165) is 17.0 Å². The molecule has 1 aromatic carbocycles. The van der Waals surface area contributed by atoms with Gasteiger partial charge in [-0.25, -0.2) is 0 Å². The Morgan fingerprint density at radius 3 is 2.80 bits per heavy atom. The molecule has 15 heavy (non-hydrogen) atoms. The lowest BCUT2D eigenvalue weighted by Gasteiger charge is -1.98. The minimum absolute atomic E-state index is 0.516. The smallest absolute Gasteiger partial charge is 0.294 e. The van der Waals surface area contributed by atoms with Gasteiger partial charge in [0.25, 0.3) is 6.01 Å². The number of hydrogen-bond acceptors (Lipinski definition) is 2. The first-order valence-electron chi connectivity index (χ1n) is 4.57. The lowest BCUT2D eigenvalue weighted by Crippen LogP contribution is -1.83. The fourth-order valence-corrected chi connectivity index (χ4v) is 1.64. The molecule has 3 nitrogen and oxygen atoms in total. The number of H-pyrrole nitrogens is 1. The van der Waals surface area contributed by atoms with Crippen LogP contribution in [0.4, 0.5) is 0 Å². The van der Waals surface area contributed by atoms with Crippen molar-refractivity contribution in [2.24, 2.45) is 0 Å². The molecule has 0 unspecified atom stereocenters. The van der Waals surface area contributed by atoms with E-state index in [1.807, 2.05) is 31.2 Å². The summed E-state index contributed by atoms with van der Waals surface area (Å²) in [6.45, 7) is 1.95. The normalized spacial score (nSPS) is 10.3. The molecule has 0 bridgehead atoms. The van der Waals surface area contributed by atoms with Crippen molar-refractivity contribution in [2.75, 3.05) is 7.11 Å². The van der Waals surface area contributed by atoms with Gasteiger partial charge in [0.15, 0.2) is 0 Å². The van der Waals surface area contributed by atoms with Gasteiger partial charge in [-0.3, -0.25) is 0 Å². The van der Waals surface area contributed by atoms with E-state index in [1.165, 1.54) is 0 Å². The van der Waals surface area contributed by atoms with Gasteiger partial charge < -0.3 is 9.72 Å². The average molecular weight is 223 g/mol. The first kappa shape index (κ1) is 10.1. The van der Waals surface area contributed by atoms with E-state index in [2.05, 4.69) is 9.97 Å². The number of benzene rings is 1. The lowest BCUT2D eigenvalue weighted by molar-refractivity contribution is 0.384. The molecule has 0 saturated heterocycles. The molecular weight excluding hydrogens is 212 g/mol. The highest BCUT2D eigenvalue weighted by Gasteiger charge is 2.08. The Morgan fingerprint density at radius 2 is 2.20 bits per heavy atom. The summed E-state index contributed by atoms with van der Waals surface area (Å²) in [5.74, 6) is 0. The van der Waals surface area contributed by atoms with Crippen LogP contribution in [-0.2, 0) is 0 Å². The number of aromatic nitrogens is 2. The monoisotopic (exact) mass is 222 g/mol. The van der Waals surface area contributed by atoms with Crippen molar-refractivity contribution in [1.29, 1.82) is 0 Å². The maximum absolute atomic E-state index is 5.92. The van der Waals surface area contributed by atoms with Crippen molar-refractivity contribution in [3.8, 4) is 17.3 Å². The summed E-state index contributed by atoms with van der Waals surface area (Å²) in [5, 5.41) is 0.703. The van der Waals surface area contributed by atoms with Crippen molar-refractivity contribution in [3.63, 3.8) is 0 Å². The zero-order chi connectivity index (χ0) is 10.8. The summed E-state index contributed by atoms with van der Waals surface area (Å²) in [6, 6.07) is 8.10. The number of ether oxygens (including phenoxy) is 1. The summed E-state index contributed by atoms with van der Waals surface area (Å²) in [5.41, 5.74) is 2.82. The van der Waals surface area contributed by atoms with Gasteiger partial charge in [0.1, 0.15) is 0 Å². The van der Waals surface area contributed by atoms with Gasteiger partial charge in [-0.1, -0.05) is 23.7 Å². The third kappa shape index (κ3) is 1.97. The molecule has 0 amide bonds. The van der Waals surface area contributed by atoms with Crippen LogP contribution in [0.1, 0.15) is 5.69 Å². The fraction of sp³-hybridized carbons (Fsp3) is 0.182. The number of imidazole rings is 1. The number of rotatable bonds is 2. The van der Waals surface area contributed by atoms with Gasteiger partial charge in [-0.2, -0.15) is 4.98 Å². The topological polar surface area (TPSA) is 37.9 Å². The number of nitrogens with one attached hydrogen (secondary N) is 1. The number of nitrogens with zero attached hydrogens (tertiary/aromatic N) is 1. The quantitative estimate of drug-likeness (QED) is 0.848. The Balaban J connectivity index is 2.48. The second-order valence-electron chi connectivity index (χ2n) is 3.23. The van der Waals surface area contributed by atoms with E-state index in [4.69, 9.17) is 16.3 Å². The number of aromatic amines is 1. The molecule has 4 heteroatoms. The SMILES string of the molecule is COc1nc(-c2cccc(Cl)c2)c(C)[nH]1. The Morgan fingerprint density at radius 1 is 1.40 bits per heavy atom. The van der Waals surface area contributed by atoms with Crippen LogP contribution < -0.4 is 4.74 Å². The Hall–Kier alpha value is -1.48. The molecule has 0 atom stereocenters. The zero-order valence-electron chi connectivity index (χ0n) is 8.54. The van der Waals surface area contributed by atoms with Crippen molar-refractivity contribution in [3.05, 3.63) is 35.0 Å². The fourth-order valence-electron chi connectivity index (χ4n) is 1.45. The van der Waals surface area contributed by atoms with Crippen LogP contribution in [0.5, 0.6) is 6.01 Å². The number of halogens is 1. The molecule has 0 aliphatic carbocycles. The number of aryl methyl sites for hydroxylation is 1. The molecule has 1 heterocycles. The Labute approximate surface area is 93.1 Å². The molecule has 0 fully saturated rings. The van der Waals surface area contributed by atoms with Crippen LogP contribution in [-0.4, -0.2) is 17.1 Å². The maximum atomic E-state index is 5.92. The van der Waals surface area contributed by atoms with Crippen molar-refractivity contribution in [1.82, 2.24) is 9.97 Å². The van der Waals surface area contributed by atoms with Gasteiger partial charge >= 0.3 is 0 Å². The number of methoxy groups -OCH3 is 1. The summed E-state index contributed by atoms with van der Waals surface area (Å²) >= 11 is 5.92. The summed E-state index contributed by atoms with van der Waals surface area (Å²) < 4.78 is 5.03. The molecular formula is C11H11ClN2O. The lowest BCUT2D eigenvalue weighted by atomic mass is 10.1. The first-order chi connectivity index (χ1) is 7.20. The molecule has 1 aromatic heterocycles. The molecule has 2 aromatic rings. The summed E-state index contributed by atoms with van der Waals surface area (Å²) in [6.07, 6.45) is 0. The third-order valence-electron chi connectivity index (χ3n) is 2.15. The largest absolute Gasteiger partial charge is 0.468 e. The maximum Gasteiger partial charge on any atom is 0.294 e. The average Bonchev–Trinajstić information content (AvgIpc) is 2.60. The van der Waals surface area contributed by atoms with Gasteiger partial charge in [0.05, 0.1) is 12.8 Å². The van der Waals surface area contributed by atoms with Gasteiger partial charge in [-0.05, 0) is 19.1 Å². The minimum Gasteiger partial charge on any atom is -0.468 e. The van der Waals surface area contributed by atoms with Gasteiger partial charge in [0, 0.05) is 16.3 Å². The highest BCUT2D eigenvalue weighted by Crippen LogP contribution is 2.25. The second-order valence-corrected chi connectivity index (χ2v) is 3.67. The molecule has 0 saturated carbocycles. The molecule has 0 aliphatic rings. The zero-order valence-corrected chi connectivity index (χ0v) is 9.30. The van der Waals surface area contributed by atoms with Crippen LogP contribution in [0.2, 0.25) is 5.02 Å². The van der Waals surface area contributed by atoms with Crippen LogP contribution >= 0.6 is 11.6 Å². The second kappa shape index (κ2) is 3.95. The minimum atomic E-state index is 0.516. The predicted octanol–water partition coefficient (Wildman–Crippen LogP) is 3.05. The highest BCUT2D eigenvalue weighted by molar-refractivity contribution is 6.30. The van der Waals surface area contributed by atoms with Gasteiger partial charge in [0.2, 0.25) is 0 Å². The highest BCUT2D eigenvalue weighted by atomic mass is 35.5. The first-order valence-corrected chi connectivity index (χ1v) is 4.95. The van der Waals surface area contributed by atoms with E-state index in [0.29, 0.717) is 11.0 Å². The summed E-state index contributed by atoms with van der Waals surface area (Å²) in [7, 11) is 1.58.